The minimum atomic E-state index is -0.697. The Balaban J connectivity index is 1.83. The first kappa shape index (κ1) is 20.8. The topological polar surface area (TPSA) is 114 Å². The highest BCUT2D eigenvalue weighted by Crippen LogP contribution is 2.18. The lowest BCUT2D eigenvalue weighted by molar-refractivity contribution is -0.402. The molecule has 1 heterocycles. The van der Waals surface area contributed by atoms with Gasteiger partial charge >= 0.3 is 5.88 Å². The Morgan fingerprint density at radius 3 is 2.40 bits per heavy atom. The first-order chi connectivity index (χ1) is 14.4. The average Bonchev–Trinajstić information content (AvgIpc) is 3.22. The normalized spacial score (nSPS) is 11.0. The van der Waals surface area contributed by atoms with Crippen molar-refractivity contribution in [1.82, 2.24) is 10.6 Å². The molecular formula is C21H16ClN3O5. The number of rotatable bonds is 7. The van der Waals surface area contributed by atoms with Crippen molar-refractivity contribution in [3.8, 4) is 0 Å². The van der Waals surface area contributed by atoms with Gasteiger partial charge in [-0.2, -0.15) is 0 Å². The molecule has 3 aromatic rings. The summed E-state index contributed by atoms with van der Waals surface area (Å²) in [6, 6.07) is 17.8. The van der Waals surface area contributed by atoms with E-state index in [1.54, 1.807) is 54.6 Å². The largest absolute Gasteiger partial charge is 0.433 e. The average molecular weight is 426 g/mol. The molecule has 1 aromatic heterocycles. The molecule has 30 heavy (non-hydrogen) atoms. The molecule has 152 valence electrons. The van der Waals surface area contributed by atoms with Crippen molar-refractivity contribution in [3.63, 3.8) is 0 Å². The molecule has 9 heteroatoms. The van der Waals surface area contributed by atoms with Crippen LogP contribution in [0.5, 0.6) is 0 Å². The van der Waals surface area contributed by atoms with Gasteiger partial charge in [0.2, 0.25) is 0 Å². The molecule has 0 radical (unpaired) electrons. The molecule has 0 aliphatic heterocycles. The van der Waals surface area contributed by atoms with Gasteiger partial charge in [0.05, 0.1) is 6.07 Å². The molecule has 0 saturated carbocycles. The summed E-state index contributed by atoms with van der Waals surface area (Å²) in [5, 5.41) is 16.5. The van der Waals surface area contributed by atoms with Gasteiger partial charge in [-0.15, -0.1) is 0 Å². The zero-order chi connectivity index (χ0) is 21.5. The van der Waals surface area contributed by atoms with Gasteiger partial charge in [0.15, 0.2) is 0 Å². The van der Waals surface area contributed by atoms with E-state index >= 15 is 0 Å². The van der Waals surface area contributed by atoms with E-state index in [-0.39, 0.29) is 18.0 Å². The lowest BCUT2D eigenvalue weighted by Gasteiger charge is -2.11. The van der Waals surface area contributed by atoms with Gasteiger partial charge in [0.25, 0.3) is 11.8 Å². The van der Waals surface area contributed by atoms with E-state index in [9.17, 15) is 19.7 Å². The molecule has 8 nitrogen and oxygen atoms in total. The lowest BCUT2D eigenvalue weighted by Crippen LogP contribution is -2.34. The highest BCUT2D eigenvalue weighted by Gasteiger charge is 2.17. The third-order valence-electron chi connectivity index (χ3n) is 4.01. The van der Waals surface area contributed by atoms with Crippen LogP contribution in [0, 0.1) is 10.1 Å². The summed E-state index contributed by atoms with van der Waals surface area (Å²) in [7, 11) is 0. The quantitative estimate of drug-likeness (QED) is 0.338. The number of carbonyl (C=O) groups is 2. The fourth-order valence-electron chi connectivity index (χ4n) is 2.52. The first-order valence-corrected chi connectivity index (χ1v) is 9.16. The van der Waals surface area contributed by atoms with Gasteiger partial charge in [0.1, 0.15) is 16.4 Å². The van der Waals surface area contributed by atoms with Gasteiger partial charge in [-0.05, 0) is 29.8 Å². The fraction of sp³-hybridized carbons (Fsp3) is 0.0476. The van der Waals surface area contributed by atoms with Crippen LogP contribution in [-0.4, -0.2) is 16.7 Å². The molecule has 0 spiro atoms. The molecule has 3 rings (SSSR count). The maximum Gasteiger partial charge on any atom is 0.433 e. The summed E-state index contributed by atoms with van der Waals surface area (Å²) in [5.41, 5.74) is 0.891. The molecule has 0 unspecified atom stereocenters. The Labute approximate surface area is 176 Å². The van der Waals surface area contributed by atoms with Crippen molar-refractivity contribution in [1.29, 1.82) is 0 Å². The minimum absolute atomic E-state index is 0.0398. The number of nitro groups is 1. The summed E-state index contributed by atoms with van der Waals surface area (Å²) in [6.07, 6.45) is 1.22. The molecule has 0 aliphatic carbocycles. The van der Waals surface area contributed by atoms with Crippen LogP contribution in [0.2, 0.25) is 5.02 Å². The molecule has 0 fully saturated rings. The maximum absolute atomic E-state index is 12.7. The van der Waals surface area contributed by atoms with Crippen molar-refractivity contribution < 1.29 is 18.9 Å². The van der Waals surface area contributed by atoms with E-state index < -0.39 is 22.6 Å². The minimum Gasteiger partial charge on any atom is -0.401 e. The van der Waals surface area contributed by atoms with Crippen molar-refractivity contribution in [2.45, 2.75) is 6.54 Å². The number of hydrogen-bond donors (Lipinski definition) is 2. The summed E-state index contributed by atoms with van der Waals surface area (Å²) >= 11 is 6.10. The molecule has 0 atom stereocenters. The van der Waals surface area contributed by atoms with Crippen LogP contribution in [0.1, 0.15) is 21.7 Å². The second-order valence-corrected chi connectivity index (χ2v) is 6.49. The van der Waals surface area contributed by atoms with Crippen LogP contribution in [0.3, 0.4) is 0 Å². The Hall–Kier alpha value is -3.91. The number of benzene rings is 2. The van der Waals surface area contributed by atoms with Crippen molar-refractivity contribution in [2.24, 2.45) is 0 Å². The van der Waals surface area contributed by atoms with Crippen LogP contribution < -0.4 is 10.6 Å². The van der Waals surface area contributed by atoms with Crippen LogP contribution in [0.25, 0.3) is 6.08 Å². The monoisotopic (exact) mass is 425 g/mol. The highest BCUT2D eigenvalue weighted by molar-refractivity contribution is 6.31. The maximum atomic E-state index is 12.7. The summed E-state index contributed by atoms with van der Waals surface area (Å²) < 4.78 is 5.07. The zero-order valence-corrected chi connectivity index (χ0v) is 16.3. The van der Waals surface area contributed by atoms with Gasteiger partial charge < -0.3 is 15.1 Å². The second-order valence-electron chi connectivity index (χ2n) is 6.09. The standard InChI is InChI=1S/C21H16ClN3O5/c22-17-9-5-4-8-15(17)13-23-21(27)18(12-16-10-11-19(30-16)25(28)29)24-20(26)14-6-2-1-3-7-14/h1-12H,13H2,(H,23,27)(H,24,26)/b18-12+. The lowest BCUT2D eigenvalue weighted by atomic mass is 10.2. The molecule has 0 saturated heterocycles. The zero-order valence-electron chi connectivity index (χ0n) is 15.5. The molecule has 2 N–H and O–H groups in total. The highest BCUT2D eigenvalue weighted by atomic mass is 35.5. The molecule has 0 aliphatic rings. The third kappa shape index (κ3) is 5.33. The van der Waals surface area contributed by atoms with Crippen molar-refractivity contribution >= 4 is 35.4 Å². The van der Waals surface area contributed by atoms with Crippen LogP contribution >= 0.6 is 11.6 Å². The van der Waals surface area contributed by atoms with Crippen LogP contribution in [-0.2, 0) is 11.3 Å². The van der Waals surface area contributed by atoms with E-state index in [1.165, 1.54) is 12.1 Å². The summed E-state index contributed by atoms with van der Waals surface area (Å²) in [4.78, 5) is 35.3. The Morgan fingerprint density at radius 2 is 1.73 bits per heavy atom. The predicted octanol–water partition coefficient (Wildman–Crippen LogP) is 3.93. The fourth-order valence-corrected chi connectivity index (χ4v) is 2.72. The number of hydrogen-bond acceptors (Lipinski definition) is 5. The number of nitrogens with zero attached hydrogens (tertiary/aromatic N) is 1. The molecule has 0 bridgehead atoms. The SMILES string of the molecule is O=C(NCc1ccccc1Cl)/C(=C\c1ccc([N+](=O)[O-])o1)NC(=O)c1ccccc1. The van der Waals surface area contributed by atoms with Crippen molar-refractivity contribution in [2.75, 3.05) is 0 Å². The predicted molar refractivity (Wildman–Crippen MR) is 111 cm³/mol. The van der Waals surface area contributed by atoms with E-state index in [0.717, 1.165) is 6.07 Å². The number of amides is 2. The number of furan rings is 1. The second kappa shape index (κ2) is 9.53. The van der Waals surface area contributed by atoms with Gasteiger partial charge in [-0.3, -0.25) is 19.7 Å². The van der Waals surface area contributed by atoms with E-state index in [2.05, 4.69) is 10.6 Å². The third-order valence-corrected chi connectivity index (χ3v) is 4.37. The number of carbonyl (C=O) groups excluding carboxylic acids is 2. The van der Waals surface area contributed by atoms with Gasteiger partial charge in [-0.25, -0.2) is 0 Å². The molecular weight excluding hydrogens is 410 g/mol. The Morgan fingerprint density at radius 1 is 1.03 bits per heavy atom. The Kier molecular flexibility index (Phi) is 6.61. The molecule has 2 aromatic carbocycles. The smallest absolute Gasteiger partial charge is 0.401 e. The van der Waals surface area contributed by atoms with Crippen LogP contribution in [0.4, 0.5) is 5.88 Å². The van der Waals surface area contributed by atoms with Gasteiger partial charge in [-0.1, -0.05) is 48.0 Å². The van der Waals surface area contributed by atoms with Gasteiger partial charge in [0, 0.05) is 23.2 Å². The molecule has 2 amide bonds. The van der Waals surface area contributed by atoms with E-state index in [4.69, 9.17) is 16.0 Å². The summed E-state index contributed by atoms with van der Waals surface area (Å²) in [6.45, 7) is 0.120. The van der Waals surface area contributed by atoms with Crippen LogP contribution in [0.15, 0.2) is 76.8 Å². The number of nitrogens with one attached hydrogen (secondary N) is 2. The first-order valence-electron chi connectivity index (χ1n) is 8.78. The number of halogens is 1. The van der Waals surface area contributed by atoms with E-state index in [0.29, 0.717) is 16.1 Å². The summed E-state index contributed by atoms with van der Waals surface area (Å²) in [5.74, 6) is -1.57. The Bertz CT molecular complexity index is 1110. The van der Waals surface area contributed by atoms with Crippen molar-refractivity contribution in [3.05, 3.63) is 104 Å². The van der Waals surface area contributed by atoms with E-state index in [1.807, 2.05) is 0 Å².